The number of rotatable bonds is 6. The molecule has 31 heavy (non-hydrogen) atoms. The lowest BCUT2D eigenvalue weighted by atomic mass is 10.0. The maximum absolute atomic E-state index is 11.9. The Hall–Kier alpha value is -3.80. The summed E-state index contributed by atoms with van der Waals surface area (Å²) in [6, 6.07) is 15.8. The average Bonchev–Trinajstić information content (AvgIpc) is 3.56. The number of aromatic carboxylic acids is 1. The van der Waals surface area contributed by atoms with E-state index in [2.05, 4.69) is 14.9 Å². The van der Waals surface area contributed by atoms with E-state index in [4.69, 9.17) is 4.74 Å². The van der Waals surface area contributed by atoms with Gasteiger partial charge in [-0.15, -0.1) is 0 Å². The zero-order valence-corrected chi connectivity index (χ0v) is 17.4. The number of ether oxygens (including phenoxy) is 1. The molecule has 2 N–H and O–H groups in total. The first-order chi connectivity index (χ1) is 15.0. The second kappa shape index (κ2) is 7.47. The number of carboxylic acids is 1. The van der Waals surface area contributed by atoms with E-state index in [0.29, 0.717) is 11.7 Å². The molecular formula is C25H23N3O3. The van der Waals surface area contributed by atoms with Gasteiger partial charge < -0.3 is 19.7 Å². The fourth-order valence-corrected chi connectivity index (χ4v) is 4.05. The number of pyridine rings is 1. The van der Waals surface area contributed by atoms with Crippen LogP contribution in [0.2, 0.25) is 0 Å². The first-order valence-electron chi connectivity index (χ1n) is 10.3. The van der Waals surface area contributed by atoms with Gasteiger partial charge in [0, 0.05) is 36.1 Å². The van der Waals surface area contributed by atoms with Gasteiger partial charge in [-0.25, -0.2) is 9.78 Å². The van der Waals surface area contributed by atoms with Crippen molar-refractivity contribution in [3.05, 3.63) is 72.1 Å². The van der Waals surface area contributed by atoms with E-state index in [9.17, 15) is 9.90 Å². The van der Waals surface area contributed by atoms with E-state index in [0.717, 1.165) is 51.9 Å². The van der Waals surface area contributed by atoms with E-state index in [1.807, 2.05) is 55.7 Å². The van der Waals surface area contributed by atoms with Crippen molar-refractivity contribution in [3.8, 4) is 16.9 Å². The SMILES string of the molecule is COc1cccc(-c2cc(Nc3ncc(C4CC4)cc3C(=O)O)cc3ccn(C)c23)c1. The number of aromatic nitrogens is 2. The number of anilines is 2. The number of fused-ring (bicyclic) bond motifs is 1. The molecule has 6 heteroatoms. The Balaban J connectivity index is 1.61. The van der Waals surface area contributed by atoms with Gasteiger partial charge in [0.15, 0.2) is 0 Å². The lowest BCUT2D eigenvalue weighted by Gasteiger charge is -2.14. The van der Waals surface area contributed by atoms with Gasteiger partial charge in [-0.1, -0.05) is 12.1 Å². The zero-order chi connectivity index (χ0) is 21.5. The molecule has 2 aromatic heterocycles. The molecule has 0 atom stereocenters. The predicted octanol–water partition coefficient (Wildman–Crippen LogP) is 5.57. The molecule has 0 radical (unpaired) electrons. The highest BCUT2D eigenvalue weighted by molar-refractivity contribution is 5.99. The van der Waals surface area contributed by atoms with E-state index < -0.39 is 5.97 Å². The molecule has 0 bridgehead atoms. The number of hydrogen-bond donors (Lipinski definition) is 2. The summed E-state index contributed by atoms with van der Waals surface area (Å²) in [6.07, 6.45) is 6.00. The Labute approximate surface area is 180 Å². The van der Waals surface area contributed by atoms with Gasteiger partial charge in [0.25, 0.3) is 0 Å². The summed E-state index contributed by atoms with van der Waals surface area (Å²) in [4.78, 5) is 16.3. The maximum atomic E-state index is 11.9. The minimum Gasteiger partial charge on any atom is -0.497 e. The van der Waals surface area contributed by atoms with Crippen molar-refractivity contribution in [1.29, 1.82) is 0 Å². The molecule has 1 saturated carbocycles. The predicted molar refractivity (Wildman–Crippen MR) is 121 cm³/mol. The quantitative estimate of drug-likeness (QED) is 0.432. The lowest BCUT2D eigenvalue weighted by molar-refractivity contribution is 0.0697. The van der Waals surface area contributed by atoms with Crippen molar-refractivity contribution in [2.24, 2.45) is 7.05 Å². The minimum absolute atomic E-state index is 0.195. The summed E-state index contributed by atoms with van der Waals surface area (Å²) in [6.45, 7) is 0. The van der Waals surface area contributed by atoms with E-state index in [1.165, 1.54) is 0 Å². The highest BCUT2D eigenvalue weighted by atomic mass is 16.5. The monoisotopic (exact) mass is 413 g/mol. The number of aryl methyl sites for hydroxylation is 1. The standard InChI is InChI=1S/C25H23N3O3/c1-28-9-8-17-10-19(13-21(23(17)28)16-4-3-5-20(11-16)31-2)27-24-22(25(29)30)12-18(14-26-24)15-6-7-15/h3-5,8-15H,6-7H2,1-2H3,(H,26,27)(H,29,30). The summed E-state index contributed by atoms with van der Waals surface area (Å²) in [7, 11) is 3.67. The van der Waals surface area contributed by atoms with Gasteiger partial charge in [0.1, 0.15) is 17.1 Å². The van der Waals surface area contributed by atoms with Gasteiger partial charge in [-0.3, -0.25) is 0 Å². The minimum atomic E-state index is -0.980. The van der Waals surface area contributed by atoms with Crippen LogP contribution in [0.4, 0.5) is 11.5 Å². The summed E-state index contributed by atoms with van der Waals surface area (Å²) in [5.41, 5.74) is 5.11. The van der Waals surface area contributed by atoms with Crippen molar-refractivity contribution < 1.29 is 14.6 Å². The number of methoxy groups -OCH3 is 1. The van der Waals surface area contributed by atoms with Crippen LogP contribution in [-0.2, 0) is 7.05 Å². The molecule has 0 aliphatic heterocycles. The largest absolute Gasteiger partial charge is 0.497 e. The molecule has 4 aromatic rings. The second-order valence-electron chi connectivity index (χ2n) is 7.99. The van der Waals surface area contributed by atoms with Crippen molar-refractivity contribution in [2.45, 2.75) is 18.8 Å². The molecule has 1 aliphatic rings. The van der Waals surface area contributed by atoms with Gasteiger partial charge in [-0.05, 0) is 66.3 Å². The number of carbonyl (C=O) groups is 1. The second-order valence-corrected chi connectivity index (χ2v) is 7.99. The maximum Gasteiger partial charge on any atom is 0.339 e. The Morgan fingerprint density at radius 1 is 1.19 bits per heavy atom. The van der Waals surface area contributed by atoms with E-state index in [-0.39, 0.29) is 5.56 Å². The highest BCUT2D eigenvalue weighted by Crippen LogP contribution is 2.41. The van der Waals surface area contributed by atoms with Crippen LogP contribution < -0.4 is 10.1 Å². The van der Waals surface area contributed by atoms with Crippen LogP contribution in [0.15, 0.2) is 60.9 Å². The van der Waals surface area contributed by atoms with Gasteiger partial charge >= 0.3 is 5.97 Å². The van der Waals surface area contributed by atoms with Crippen LogP contribution in [0.3, 0.4) is 0 Å². The molecular weight excluding hydrogens is 390 g/mol. The van der Waals surface area contributed by atoms with Crippen molar-refractivity contribution in [1.82, 2.24) is 9.55 Å². The van der Waals surface area contributed by atoms with Gasteiger partial charge in [0.05, 0.1) is 12.6 Å². The van der Waals surface area contributed by atoms with Gasteiger partial charge in [-0.2, -0.15) is 0 Å². The molecule has 156 valence electrons. The van der Waals surface area contributed by atoms with Crippen LogP contribution in [0.25, 0.3) is 22.0 Å². The first-order valence-corrected chi connectivity index (χ1v) is 10.3. The van der Waals surface area contributed by atoms with Crippen molar-refractivity contribution >= 4 is 28.4 Å². The molecule has 6 nitrogen and oxygen atoms in total. The third kappa shape index (κ3) is 3.61. The topological polar surface area (TPSA) is 76.4 Å². The molecule has 0 unspecified atom stereocenters. The zero-order valence-electron chi connectivity index (χ0n) is 17.4. The molecule has 0 spiro atoms. The fraction of sp³-hybridized carbons (Fsp3) is 0.200. The van der Waals surface area contributed by atoms with E-state index >= 15 is 0 Å². The Morgan fingerprint density at radius 2 is 2.03 bits per heavy atom. The van der Waals surface area contributed by atoms with Crippen LogP contribution >= 0.6 is 0 Å². The Kier molecular flexibility index (Phi) is 4.62. The van der Waals surface area contributed by atoms with Crippen LogP contribution in [-0.4, -0.2) is 27.7 Å². The summed E-state index contributed by atoms with van der Waals surface area (Å²) >= 11 is 0. The molecule has 1 fully saturated rings. The molecule has 2 heterocycles. The summed E-state index contributed by atoms with van der Waals surface area (Å²) in [5.74, 6) is 0.596. The lowest BCUT2D eigenvalue weighted by Crippen LogP contribution is -2.06. The fourth-order valence-electron chi connectivity index (χ4n) is 4.05. The smallest absolute Gasteiger partial charge is 0.339 e. The number of carboxylic acid groups (broad SMARTS) is 1. The van der Waals surface area contributed by atoms with Crippen molar-refractivity contribution in [2.75, 3.05) is 12.4 Å². The number of nitrogens with one attached hydrogen (secondary N) is 1. The van der Waals surface area contributed by atoms with Crippen molar-refractivity contribution in [3.63, 3.8) is 0 Å². The van der Waals surface area contributed by atoms with Crippen LogP contribution in [0.1, 0.15) is 34.7 Å². The molecule has 2 aromatic carbocycles. The van der Waals surface area contributed by atoms with Crippen LogP contribution in [0, 0.1) is 0 Å². The first kappa shape index (κ1) is 19.2. The molecule has 0 amide bonds. The number of benzene rings is 2. The molecule has 1 aliphatic carbocycles. The third-order valence-electron chi connectivity index (χ3n) is 5.80. The Bertz CT molecular complexity index is 1300. The third-order valence-corrected chi connectivity index (χ3v) is 5.80. The highest BCUT2D eigenvalue weighted by Gasteiger charge is 2.26. The van der Waals surface area contributed by atoms with Crippen LogP contribution in [0.5, 0.6) is 5.75 Å². The normalized spacial score (nSPS) is 13.4. The number of hydrogen-bond acceptors (Lipinski definition) is 4. The summed E-state index contributed by atoms with van der Waals surface area (Å²) in [5, 5.41) is 14.0. The Morgan fingerprint density at radius 3 is 2.77 bits per heavy atom. The molecule has 0 saturated heterocycles. The average molecular weight is 413 g/mol. The molecule has 5 rings (SSSR count). The number of nitrogens with zero attached hydrogens (tertiary/aromatic N) is 2. The summed E-state index contributed by atoms with van der Waals surface area (Å²) < 4.78 is 7.49. The van der Waals surface area contributed by atoms with Gasteiger partial charge in [0.2, 0.25) is 0 Å². The van der Waals surface area contributed by atoms with E-state index in [1.54, 1.807) is 19.4 Å².